The van der Waals surface area contributed by atoms with Gasteiger partial charge < -0.3 is 19.3 Å². The fourth-order valence-electron chi connectivity index (χ4n) is 4.31. The Bertz CT molecular complexity index is 856. The van der Waals surface area contributed by atoms with Gasteiger partial charge in [0.05, 0.1) is 17.4 Å². The van der Waals surface area contributed by atoms with Crippen LogP contribution in [0.3, 0.4) is 0 Å². The monoisotopic (exact) mass is 381 g/mol. The van der Waals surface area contributed by atoms with Gasteiger partial charge in [-0.2, -0.15) is 5.26 Å². The van der Waals surface area contributed by atoms with Gasteiger partial charge >= 0.3 is 0 Å². The normalized spacial score (nSPS) is 22.0. The molecule has 2 heterocycles. The molecule has 0 unspecified atom stereocenters. The molecule has 6 nitrogen and oxygen atoms in total. The number of benzene rings is 1. The van der Waals surface area contributed by atoms with E-state index in [9.17, 15) is 10.1 Å². The van der Waals surface area contributed by atoms with Crippen LogP contribution in [0, 0.1) is 11.3 Å². The number of fused-ring (bicyclic) bond motifs is 1. The predicted molar refractivity (Wildman–Crippen MR) is 107 cm³/mol. The number of carbonyl (C=O) groups excluding carboxylic acids is 1. The number of piperidine rings is 1. The summed E-state index contributed by atoms with van der Waals surface area (Å²) in [5.74, 6) is -0.0822. The summed E-state index contributed by atoms with van der Waals surface area (Å²) >= 11 is 0. The highest BCUT2D eigenvalue weighted by molar-refractivity contribution is 6.10. The van der Waals surface area contributed by atoms with Gasteiger partial charge in [0.2, 0.25) is 0 Å². The van der Waals surface area contributed by atoms with Crippen LogP contribution in [-0.2, 0) is 20.7 Å². The molecule has 4 rings (SSSR count). The number of ether oxygens (including phenoxy) is 2. The van der Waals surface area contributed by atoms with Crippen LogP contribution in [0.5, 0.6) is 0 Å². The van der Waals surface area contributed by atoms with Crippen molar-refractivity contribution < 1.29 is 14.3 Å². The quantitative estimate of drug-likeness (QED) is 0.798. The molecule has 0 amide bonds. The van der Waals surface area contributed by atoms with Crippen molar-refractivity contribution in [2.75, 3.05) is 45.3 Å². The van der Waals surface area contributed by atoms with Crippen LogP contribution in [-0.4, -0.2) is 62.8 Å². The number of likely N-dealkylation sites (tertiary alicyclic amines) is 1. The van der Waals surface area contributed by atoms with Gasteiger partial charge in [0.15, 0.2) is 5.78 Å². The fraction of sp³-hybridized carbons (Fsp3) is 0.545. The second-order valence-electron chi connectivity index (χ2n) is 8.18. The second kappa shape index (κ2) is 7.23. The van der Waals surface area contributed by atoms with Gasteiger partial charge in [0.1, 0.15) is 11.6 Å². The van der Waals surface area contributed by atoms with Crippen molar-refractivity contribution in [1.82, 2.24) is 4.90 Å². The molecule has 0 saturated carbocycles. The molecule has 2 aliphatic heterocycles. The first kappa shape index (κ1) is 19.0. The zero-order chi connectivity index (χ0) is 19.9. The van der Waals surface area contributed by atoms with Crippen LogP contribution in [0.4, 0.5) is 5.69 Å². The van der Waals surface area contributed by atoms with Crippen molar-refractivity contribution in [2.24, 2.45) is 0 Å². The van der Waals surface area contributed by atoms with E-state index in [-0.39, 0.29) is 17.5 Å². The molecule has 0 bridgehead atoms. The molecule has 0 spiro atoms. The first-order valence-corrected chi connectivity index (χ1v) is 9.86. The Labute approximate surface area is 166 Å². The SMILES string of the molecule is COC1CN(c2ccc3c(c2)C(N2CCC(C)(OC)CC2)=C(C#N)C(=O)C3)C1. The van der Waals surface area contributed by atoms with Crippen LogP contribution < -0.4 is 4.90 Å². The maximum Gasteiger partial charge on any atom is 0.179 e. The number of ketones is 1. The van der Waals surface area contributed by atoms with Gasteiger partial charge in [-0.05, 0) is 37.5 Å². The Hall–Kier alpha value is -2.36. The number of nitrogens with zero attached hydrogens (tertiary/aromatic N) is 3. The average molecular weight is 381 g/mol. The van der Waals surface area contributed by atoms with Crippen LogP contribution in [0.1, 0.15) is 30.9 Å². The topological polar surface area (TPSA) is 65.8 Å². The molecule has 0 aromatic heterocycles. The molecule has 1 aliphatic carbocycles. The lowest BCUT2D eigenvalue weighted by molar-refractivity contribution is -0.114. The van der Waals surface area contributed by atoms with E-state index >= 15 is 0 Å². The number of methoxy groups -OCH3 is 2. The van der Waals surface area contributed by atoms with E-state index in [0.29, 0.717) is 12.0 Å². The van der Waals surface area contributed by atoms with Gasteiger partial charge in [-0.25, -0.2) is 0 Å². The molecule has 0 atom stereocenters. The Morgan fingerprint density at radius 2 is 1.89 bits per heavy atom. The largest absolute Gasteiger partial charge is 0.378 e. The summed E-state index contributed by atoms with van der Waals surface area (Å²) in [6.07, 6.45) is 2.32. The highest BCUT2D eigenvalue weighted by Crippen LogP contribution is 2.38. The maximum atomic E-state index is 12.6. The molecule has 148 valence electrons. The lowest BCUT2D eigenvalue weighted by Crippen LogP contribution is -2.52. The standard InChI is InChI=1S/C22H27N3O3/c1-22(28-3)6-8-24(9-7-22)21-18-11-16(25-13-17(14-25)27-2)5-4-15(18)10-20(26)19(21)12-23/h4-5,11,17H,6-10,13-14H2,1-3H3. The van der Waals surface area contributed by atoms with E-state index in [1.54, 1.807) is 14.2 Å². The molecule has 1 aromatic rings. The third-order valence-corrected chi connectivity index (χ3v) is 6.50. The Balaban J connectivity index is 1.68. The molecule has 2 fully saturated rings. The van der Waals surface area contributed by atoms with Gasteiger partial charge in [-0.15, -0.1) is 0 Å². The van der Waals surface area contributed by atoms with Crippen LogP contribution >= 0.6 is 0 Å². The molecular formula is C22H27N3O3. The minimum Gasteiger partial charge on any atom is -0.378 e. The van der Waals surface area contributed by atoms with Crippen molar-refractivity contribution in [3.63, 3.8) is 0 Å². The summed E-state index contributed by atoms with van der Waals surface area (Å²) < 4.78 is 11.0. The Kier molecular flexibility index (Phi) is 4.90. The van der Waals surface area contributed by atoms with Crippen LogP contribution in [0.25, 0.3) is 5.70 Å². The highest BCUT2D eigenvalue weighted by atomic mass is 16.5. The first-order valence-electron chi connectivity index (χ1n) is 9.86. The van der Waals surface area contributed by atoms with E-state index in [1.807, 2.05) is 6.07 Å². The number of nitriles is 1. The molecule has 0 N–H and O–H groups in total. The molecular weight excluding hydrogens is 354 g/mol. The van der Waals surface area contributed by atoms with E-state index in [0.717, 1.165) is 61.5 Å². The molecule has 6 heteroatoms. The highest BCUT2D eigenvalue weighted by Gasteiger charge is 2.36. The number of hydrogen-bond donors (Lipinski definition) is 0. The van der Waals surface area contributed by atoms with Crippen molar-refractivity contribution in [1.29, 1.82) is 5.26 Å². The van der Waals surface area contributed by atoms with Gasteiger partial charge in [-0.1, -0.05) is 6.07 Å². The molecule has 2 saturated heterocycles. The zero-order valence-corrected chi connectivity index (χ0v) is 16.8. The van der Waals surface area contributed by atoms with Crippen molar-refractivity contribution in [2.45, 2.75) is 37.9 Å². The Morgan fingerprint density at radius 1 is 1.18 bits per heavy atom. The van der Waals surface area contributed by atoms with E-state index < -0.39 is 0 Å². The fourth-order valence-corrected chi connectivity index (χ4v) is 4.31. The number of carbonyl (C=O) groups is 1. The smallest absolute Gasteiger partial charge is 0.179 e. The molecule has 3 aliphatic rings. The number of rotatable bonds is 4. The van der Waals surface area contributed by atoms with Crippen LogP contribution in [0.15, 0.2) is 23.8 Å². The number of anilines is 1. The van der Waals surface area contributed by atoms with Crippen molar-refractivity contribution in [3.8, 4) is 6.07 Å². The number of Topliss-reactive ketones (excluding diaryl/α,β-unsaturated/α-hetero) is 1. The first-order chi connectivity index (χ1) is 13.5. The summed E-state index contributed by atoms with van der Waals surface area (Å²) in [5, 5.41) is 9.73. The maximum absolute atomic E-state index is 12.6. The van der Waals surface area contributed by atoms with Gasteiger partial charge in [0, 0.05) is 58.1 Å². The summed E-state index contributed by atoms with van der Waals surface area (Å²) in [4.78, 5) is 17.1. The minimum atomic E-state index is -0.139. The summed E-state index contributed by atoms with van der Waals surface area (Å²) in [6.45, 7) is 5.41. The van der Waals surface area contributed by atoms with E-state index in [2.05, 4.69) is 34.9 Å². The number of hydrogen-bond acceptors (Lipinski definition) is 6. The predicted octanol–water partition coefficient (Wildman–Crippen LogP) is 2.38. The molecule has 1 aromatic carbocycles. The summed E-state index contributed by atoms with van der Waals surface area (Å²) in [6, 6.07) is 8.45. The third-order valence-electron chi connectivity index (χ3n) is 6.50. The van der Waals surface area contributed by atoms with E-state index in [4.69, 9.17) is 9.47 Å². The van der Waals surface area contributed by atoms with Gasteiger partial charge in [0.25, 0.3) is 0 Å². The van der Waals surface area contributed by atoms with Crippen molar-refractivity contribution in [3.05, 3.63) is 34.9 Å². The summed E-state index contributed by atoms with van der Waals surface area (Å²) in [7, 11) is 3.49. The third kappa shape index (κ3) is 3.19. The lowest BCUT2D eigenvalue weighted by atomic mass is 9.85. The summed E-state index contributed by atoms with van der Waals surface area (Å²) in [5.41, 5.74) is 4.11. The zero-order valence-electron chi connectivity index (χ0n) is 16.8. The lowest BCUT2D eigenvalue weighted by Gasteiger charge is -2.42. The minimum absolute atomic E-state index is 0.0822. The second-order valence-corrected chi connectivity index (χ2v) is 8.18. The van der Waals surface area contributed by atoms with Crippen LogP contribution in [0.2, 0.25) is 0 Å². The molecule has 0 radical (unpaired) electrons. The van der Waals surface area contributed by atoms with E-state index in [1.165, 1.54) is 0 Å². The Morgan fingerprint density at radius 3 is 2.50 bits per heavy atom. The van der Waals surface area contributed by atoms with Gasteiger partial charge in [-0.3, -0.25) is 4.79 Å². The van der Waals surface area contributed by atoms with Crippen molar-refractivity contribution >= 4 is 17.2 Å². The molecule has 28 heavy (non-hydrogen) atoms. The number of allylic oxidation sites excluding steroid dienone is 1. The average Bonchev–Trinajstić information content (AvgIpc) is 2.67.